The first kappa shape index (κ1) is 16.1. The van der Waals surface area contributed by atoms with E-state index in [1.54, 1.807) is 19.1 Å². The molecule has 5 heteroatoms. The van der Waals surface area contributed by atoms with Crippen LogP contribution in [0, 0.1) is 13.8 Å². The van der Waals surface area contributed by atoms with Gasteiger partial charge in [-0.05, 0) is 42.5 Å². The predicted molar refractivity (Wildman–Crippen MR) is 81.0 cm³/mol. The number of carbonyl (C=O) groups is 1. The largest absolute Gasteiger partial charge is 0.519 e. The zero-order valence-corrected chi connectivity index (χ0v) is 13.5. The second-order valence-electron chi connectivity index (χ2n) is 6.29. The van der Waals surface area contributed by atoms with Gasteiger partial charge in [0.25, 0.3) is 0 Å². The maximum absolute atomic E-state index is 12.1. The van der Waals surface area contributed by atoms with Crippen molar-refractivity contribution in [3.05, 3.63) is 57.0 Å². The number of carbonyl (C=O) groups excluding carboxylic acids is 1. The van der Waals surface area contributed by atoms with Crippen molar-refractivity contribution >= 4 is 5.97 Å². The van der Waals surface area contributed by atoms with E-state index in [0.29, 0.717) is 11.3 Å². The van der Waals surface area contributed by atoms with E-state index in [-0.39, 0.29) is 17.8 Å². The second-order valence-corrected chi connectivity index (χ2v) is 6.29. The summed E-state index contributed by atoms with van der Waals surface area (Å²) in [6, 6.07) is 5.49. The summed E-state index contributed by atoms with van der Waals surface area (Å²) in [5.74, 6) is -0.723. The van der Waals surface area contributed by atoms with E-state index >= 15 is 0 Å². The summed E-state index contributed by atoms with van der Waals surface area (Å²) in [5.41, 5.74) is 2.70. The lowest BCUT2D eigenvalue weighted by atomic mass is 9.83. The molecular weight excluding hydrogens is 284 g/mol. The van der Waals surface area contributed by atoms with E-state index in [4.69, 9.17) is 13.6 Å². The van der Waals surface area contributed by atoms with Crippen molar-refractivity contribution in [1.82, 2.24) is 0 Å². The normalized spacial score (nSPS) is 11.5. The number of hydrogen-bond acceptors (Lipinski definition) is 5. The minimum Gasteiger partial charge on any atom is -0.454 e. The first-order valence-electron chi connectivity index (χ1n) is 7.06. The minimum atomic E-state index is -0.797. The molecule has 118 valence electrons. The Hall–Kier alpha value is -2.30. The number of rotatable bonds is 3. The van der Waals surface area contributed by atoms with Gasteiger partial charge in [0.1, 0.15) is 0 Å². The SMILES string of the molecule is Cc1cc(C(=O)OCc2oc(=O)oc2C)ccc1C(C)(C)C. The summed E-state index contributed by atoms with van der Waals surface area (Å²) < 4.78 is 14.7. The van der Waals surface area contributed by atoms with Crippen LogP contribution in [0.1, 0.15) is 53.8 Å². The molecule has 0 amide bonds. The lowest BCUT2D eigenvalue weighted by molar-refractivity contribution is 0.0442. The quantitative estimate of drug-likeness (QED) is 0.812. The number of aryl methyl sites for hydroxylation is 2. The van der Waals surface area contributed by atoms with E-state index in [0.717, 1.165) is 5.56 Å². The first-order valence-corrected chi connectivity index (χ1v) is 7.06. The summed E-state index contributed by atoms with van der Waals surface area (Å²) in [4.78, 5) is 23.0. The van der Waals surface area contributed by atoms with Gasteiger partial charge in [0.05, 0.1) is 5.56 Å². The Labute approximate surface area is 128 Å². The molecule has 0 radical (unpaired) electrons. The van der Waals surface area contributed by atoms with Crippen molar-refractivity contribution in [2.45, 2.75) is 46.6 Å². The van der Waals surface area contributed by atoms with Crippen molar-refractivity contribution in [3.63, 3.8) is 0 Å². The van der Waals surface area contributed by atoms with Gasteiger partial charge in [0, 0.05) is 0 Å². The van der Waals surface area contributed by atoms with Gasteiger partial charge in [-0.15, -0.1) is 0 Å². The van der Waals surface area contributed by atoms with Gasteiger partial charge < -0.3 is 13.6 Å². The fourth-order valence-corrected chi connectivity index (χ4v) is 2.35. The maximum Gasteiger partial charge on any atom is 0.519 e. The lowest BCUT2D eigenvalue weighted by Gasteiger charge is -2.21. The fraction of sp³-hybridized carbons (Fsp3) is 0.412. The summed E-state index contributed by atoms with van der Waals surface area (Å²) in [5, 5.41) is 0. The van der Waals surface area contributed by atoms with Crippen LogP contribution < -0.4 is 5.82 Å². The summed E-state index contributed by atoms with van der Waals surface area (Å²) in [6.45, 7) is 9.79. The van der Waals surface area contributed by atoms with Gasteiger partial charge in [0.15, 0.2) is 18.1 Å². The van der Waals surface area contributed by atoms with Crippen molar-refractivity contribution < 1.29 is 18.4 Å². The molecule has 1 aromatic carbocycles. The fourth-order valence-electron chi connectivity index (χ4n) is 2.35. The zero-order valence-electron chi connectivity index (χ0n) is 13.5. The Kier molecular flexibility index (Phi) is 4.26. The van der Waals surface area contributed by atoms with E-state index in [9.17, 15) is 9.59 Å². The third kappa shape index (κ3) is 3.47. The molecule has 0 aliphatic carbocycles. The van der Waals surface area contributed by atoms with Crippen molar-refractivity contribution in [2.24, 2.45) is 0 Å². The van der Waals surface area contributed by atoms with Crippen LogP contribution in [0.4, 0.5) is 0 Å². The lowest BCUT2D eigenvalue weighted by Crippen LogP contribution is -2.14. The van der Waals surface area contributed by atoms with Crippen molar-refractivity contribution in [2.75, 3.05) is 0 Å². The molecule has 2 aromatic rings. The molecule has 22 heavy (non-hydrogen) atoms. The molecule has 1 aromatic heterocycles. The Bertz CT molecular complexity index is 743. The van der Waals surface area contributed by atoms with Gasteiger partial charge in [0.2, 0.25) is 0 Å². The molecular formula is C17H20O5. The van der Waals surface area contributed by atoms with Crippen LogP contribution in [0.15, 0.2) is 31.8 Å². The van der Waals surface area contributed by atoms with Crippen LogP contribution in [-0.4, -0.2) is 5.97 Å². The van der Waals surface area contributed by atoms with Gasteiger partial charge in [-0.25, -0.2) is 9.59 Å². The highest BCUT2D eigenvalue weighted by atomic mass is 16.6. The Balaban J connectivity index is 2.12. The number of esters is 1. The topological polar surface area (TPSA) is 69.7 Å². The predicted octanol–water partition coefficient (Wildman–Crippen LogP) is 3.50. The Morgan fingerprint density at radius 1 is 1.18 bits per heavy atom. The van der Waals surface area contributed by atoms with Gasteiger partial charge >= 0.3 is 11.8 Å². The van der Waals surface area contributed by atoms with Crippen LogP contribution in [-0.2, 0) is 16.8 Å². The third-order valence-electron chi connectivity index (χ3n) is 3.44. The molecule has 0 aliphatic rings. The highest BCUT2D eigenvalue weighted by Crippen LogP contribution is 2.26. The molecule has 0 unspecified atom stereocenters. The molecule has 0 saturated carbocycles. The van der Waals surface area contributed by atoms with Crippen LogP contribution in [0.2, 0.25) is 0 Å². The standard InChI is InChI=1S/C17H20O5/c1-10-8-12(6-7-13(10)17(3,4)5)15(18)20-9-14-11(2)21-16(19)22-14/h6-8H,9H2,1-5H3. The van der Waals surface area contributed by atoms with Crippen molar-refractivity contribution in [3.8, 4) is 0 Å². The Morgan fingerprint density at radius 2 is 1.86 bits per heavy atom. The molecule has 0 spiro atoms. The average molecular weight is 304 g/mol. The number of ether oxygens (including phenoxy) is 1. The molecule has 0 saturated heterocycles. The molecule has 0 fully saturated rings. The molecule has 0 bridgehead atoms. The monoisotopic (exact) mass is 304 g/mol. The molecule has 5 nitrogen and oxygen atoms in total. The molecule has 0 aliphatic heterocycles. The van der Waals surface area contributed by atoms with E-state index < -0.39 is 11.8 Å². The smallest absolute Gasteiger partial charge is 0.454 e. The van der Waals surface area contributed by atoms with E-state index in [1.807, 2.05) is 13.0 Å². The first-order chi connectivity index (χ1) is 10.2. The number of benzene rings is 1. The van der Waals surface area contributed by atoms with Gasteiger partial charge in [-0.2, -0.15) is 0 Å². The van der Waals surface area contributed by atoms with Crippen LogP contribution in [0.5, 0.6) is 0 Å². The summed E-state index contributed by atoms with van der Waals surface area (Å²) in [7, 11) is 0. The van der Waals surface area contributed by atoms with Crippen LogP contribution in [0.3, 0.4) is 0 Å². The summed E-state index contributed by atoms with van der Waals surface area (Å²) >= 11 is 0. The third-order valence-corrected chi connectivity index (χ3v) is 3.44. The van der Waals surface area contributed by atoms with Crippen LogP contribution >= 0.6 is 0 Å². The zero-order chi connectivity index (χ0) is 16.5. The maximum atomic E-state index is 12.1. The highest BCUT2D eigenvalue weighted by molar-refractivity contribution is 5.89. The highest BCUT2D eigenvalue weighted by Gasteiger charge is 2.18. The van der Waals surface area contributed by atoms with Crippen LogP contribution in [0.25, 0.3) is 0 Å². The molecule has 1 heterocycles. The number of hydrogen-bond donors (Lipinski definition) is 0. The molecule has 0 N–H and O–H groups in total. The summed E-state index contributed by atoms with van der Waals surface area (Å²) in [6.07, 6.45) is 0. The van der Waals surface area contributed by atoms with Gasteiger partial charge in [-0.3, -0.25) is 0 Å². The average Bonchev–Trinajstić information content (AvgIpc) is 2.72. The minimum absolute atomic E-state index is 0.0177. The Morgan fingerprint density at radius 3 is 2.36 bits per heavy atom. The van der Waals surface area contributed by atoms with E-state index in [2.05, 4.69) is 20.8 Å². The van der Waals surface area contributed by atoms with E-state index in [1.165, 1.54) is 5.56 Å². The molecule has 0 atom stereocenters. The second kappa shape index (κ2) is 5.83. The van der Waals surface area contributed by atoms with Crippen molar-refractivity contribution in [1.29, 1.82) is 0 Å². The molecule has 2 rings (SSSR count). The van der Waals surface area contributed by atoms with Gasteiger partial charge in [-0.1, -0.05) is 26.8 Å².